The van der Waals surface area contributed by atoms with Gasteiger partial charge in [0.2, 0.25) is 0 Å². The number of carbonyl (C=O) groups is 1. The normalized spacial score (nSPS) is 20.4. The summed E-state index contributed by atoms with van der Waals surface area (Å²) in [7, 11) is 0. The van der Waals surface area contributed by atoms with Gasteiger partial charge in [0.15, 0.2) is 0 Å². The van der Waals surface area contributed by atoms with Crippen LogP contribution in [-0.4, -0.2) is 22.9 Å². The first kappa shape index (κ1) is 15.9. The number of carboxylic acids is 1. The van der Waals surface area contributed by atoms with E-state index in [0.717, 1.165) is 28.2 Å². The van der Waals surface area contributed by atoms with Crippen LogP contribution in [0.25, 0.3) is 0 Å². The summed E-state index contributed by atoms with van der Waals surface area (Å²) in [5, 5.41) is 12.2. The molecule has 0 amide bonds. The predicted molar refractivity (Wildman–Crippen MR) is 92.2 cm³/mol. The van der Waals surface area contributed by atoms with Crippen LogP contribution in [0.4, 0.5) is 0 Å². The Bertz CT molecular complexity index is 715. The van der Waals surface area contributed by atoms with Crippen LogP contribution < -0.4 is 10.1 Å². The molecule has 2 aromatic rings. The Balaban J connectivity index is 1.70. The third-order valence-electron chi connectivity index (χ3n) is 3.83. The van der Waals surface area contributed by atoms with E-state index in [1.807, 2.05) is 50.2 Å². The largest absolute Gasteiger partial charge is 0.480 e. The van der Waals surface area contributed by atoms with Crippen LogP contribution in [0.5, 0.6) is 11.5 Å². The second-order valence-corrected chi connectivity index (χ2v) is 6.85. The van der Waals surface area contributed by atoms with E-state index in [1.54, 1.807) is 11.8 Å². The zero-order chi connectivity index (χ0) is 16.4. The van der Waals surface area contributed by atoms with Crippen molar-refractivity contribution < 1.29 is 14.6 Å². The highest BCUT2D eigenvalue weighted by Crippen LogP contribution is 2.34. The van der Waals surface area contributed by atoms with Crippen molar-refractivity contribution in [3.05, 3.63) is 59.2 Å². The van der Waals surface area contributed by atoms with Crippen LogP contribution in [0.15, 0.2) is 42.5 Å². The highest BCUT2D eigenvalue weighted by atomic mass is 32.2. The van der Waals surface area contributed by atoms with E-state index in [4.69, 9.17) is 9.84 Å². The molecule has 5 heteroatoms. The maximum absolute atomic E-state index is 11.0. The van der Waals surface area contributed by atoms with Crippen LogP contribution >= 0.6 is 11.8 Å². The molecule has 23 heavy (non-hydrogen) atoms. The van der Waals surface area contributed by atoms with Crippen molar-refractivity contribution in [1.82, 2.24) is 5.32 Å². The van der Waals surface area contributed by atoms with Crippen molar-refractivity contribution in [3.8, 4) is 11.5 Å². The zero-order valence-electron chi connectivity index (χ0n) is 13.1. The second kappa shape index (κ2) is 6.64. The lowest BCUT2D eigenvalue weighted by Gasteiger charge is -2.13. The molecule has 2 unspecified atom stereocenters. The van der Waals surface area contributed by atoms with Gasteiger partial charge >= 0.3 is 5.97 Å². The summed E-state index contributed by atoms with van der Waals surface area (Å²) < 4.78 is 5.95. The number of thioether (sulfide) groups is 1. The van der Waals surface area contributed by atoms with Gasteiger partial charge in [-0.3, -0.25) is 10.1 Å². The molecule has 3 rings (SSSR count). The molecule has 2 aromatic carbocycles. The Morgan fingerprint density at radius 2 is 1.96 bits per heavy atom. The van der Waals surface area contributed by atoms with Gasteiger partial charge in [-0.05, 0) is 48.7 Å². The number of aliphatic carboxylic acids is 1. The van der Waals surface area contributed by atoms with Crippen molar-refractivity contribution in [2.45, 2.75) is 25.3 Å². The molecular formula is C18H19NO3S. The van der Waals surface area contributed by atoms with Crippen molar-refractivity contribution in [2.75, 3.05) is 5.75 Å². The van der Waals surface area contributed by atoms with Gasteiger partial charge in [-0.15, -0.1) is 11.8 Å². The fraction of sp³-hybridized carbons (Fsp3) is 0.278. The molecule has 2 atom stereocenters. The summed E-state index contributed by atoms with van der Waals surface area (Å²) >= 11 is 1.61. The fourth-order valence-electron chi connectivity index (χ4n) is 2.46. The molecule has 0 bridgehead atoms. The number of hydrogen-bond acceptors (Lipinski definition) is 4. The summed E-state index contributed by atoms with van der Waals surface area (Å²) in [6.07, 6.45) is 0. The average molecular weight is 329 g/mol. The maximum atomic E-state index is 11.0. The van der Waals surface area contributed by atoms with Crippen LogP contribution in [0, 0.1) is 13.8 Å². The number of ether oxygens (including phenoxy) is 1. The van der Waals surface area contributed by atoms with Gasteiger partial charge in [0.05, 0.1) is 5.37 Å². The van der Waals surface area contributed by atoms with E-state index in [1.165, 1.54) is 0 Å². The molecule has 4 nitrogen and oxygen atoms in total. The number of aryl methyl sites for hydroxylation is 2. The van der Waals surface area contributed by atoms with Crippen molar-refractivity contribution in [3.63, 3.8) is 0 Å². The minimum Gasteiger partial charge on any atom is -0.480 e. The number of benzene rings is 2. The molecule has 1 saturated heterocycles. The molecule has 1 heterocycles. The zero-order valence-corrected chi connectivity index (χ0v) is 13.9. The van der Waals surface area contributed by atoms with E-state index in [0.29, 0.717) is 5.75 Å². The van der Waals surface area contributed by atoms with Gasteiger partial charge in [0, 0.05) is 5.75 Å². The van der Waals surface area contributed by atoms with Crippen LogP contribution in [0.1, 0.15) is 22.1 Å². The highest BCUT2D eigenvalue weighted by molar-refractivity contribution is 7.99. The molecule has 0 aliphatic carbocycles. The molecule has 2 N–H and O–H groups in total. The summed E-state index contributed by atoms with van der Waals surface area (Å²) in [5.74, 6) is 1.42. The maximum Gasteiger partial charge on any atom is 0.321 e. The van der Waals surface area contributed by atoms with Gasteiger partial charge in [-0.1, -0.05) is 24.3 Å². The van der Waals surface area contributed by atoms with Gasteiger partial charge in [0.25, 0.3) is 0 Å². The van der Waals surface area contributed by atoms with E-state index in [2.05, 4.69) is 11.4 Å². The second-order valence-electron chi connectivity index (χ2n) is 5.71. The standard InChI is InChI=1S/C18H19NO3S/c1-11-3-4-12(2)16(9-11)22-14-7-5-13(6-8-14)17-19-15(10-23-17)18(20)21/h3-9,15,17,19H,10H2,1-2H3,(H,20,21). The van der Waals surface area contributed by atoms with Gasteiger partial charge in [-0.25, -0.2) is 0 Å². The number of rotatable bonds is 4. The molecule has 0 spiro atoms. The summed E-state index contributed by atoms with van der Waals surface area (Å²) in [6.45, 7) is 4.06. The smallest absolute Gasteiger partial charge is 0.321 e. The van der Waals surface area contributed by atoms with Crippen LogP contribution in [0.3, 0.4) is 0 Å². The first-order chi connectivity index (χ1) is 11.0. The molecule has 1 aliphatic rings. The van der Waals surface area contributed by atoms with Crippen molar-refractivity contribution in [1.29, 1.82) is 0 Å². The molecule has 0 saturated carbocycles. The quantitative estimate of drug-likeness (QED) is 0.891. The lowest BCUT2D eigenvalue weighted by molar-refractivity contribution is -0.138. The third-order valence-corrected chi connectivity index (χ3v) is 5.10. The molecule has 0 aromatic heterocycles. The third kappa shape index (κ3) is 3.68. The van der Waals surface area contributed by atoms with E-state index in [9.17, 15) is 4.79 Å². The Morgan fingerprint density at radius 1 is 1.22 bits per heavy atom. The van der Waals surface area contributed by atoms with E-state index < -0.39 is 12.0 Å². The van der Waals surface area contributed by atoms with Crippen molar-refractivity contribution in [2.24, 2.45) is 0 Å². The fourth-order valence-corrected chi connectivity index (χ4v) is 3.70. The number of nitrogens with one attached hydrogen (secondary N) is 1. The SMILES string of the molecule is Cc1ccc(C)c(Oc2ccc(C3NC(C(=O)O)CS3)cc2)c1. The van der Waals surface area contributed by atoms with Crippen LogP contribution in [-0.2, 0) is 4.79 Å². The lowest BCUT2D eigenvalue weighted by Crippen LogP contribution is -2.33. The Hall–Kier alpha value is -1.98. The Kier molecular flexibility index (Phi) is 4.59. The average Bonchev–Trinajstić information content (AvgIpc) is 3.02. The summed E-state index contributed by atoms with van der Waals surface area (Å²) in [6, 6.07) is 13.5. The van der Waals surface area contributed by atoms with E-state index in [-0.39, 0.29) is 5.37 Å². The molecule has 1 aliphatic heterocycles. The van der Waals surface area contributed by atoms with Crippen LogP contribution in [0.2, 0.25) is 0 Å². The first-order valence-corrected chi connectivity index (χ1v) is 8.53. The minimum atomic E-state index is -0.796. The Morgan fingerprint density at radius 3 is 2.61 bits per heavy atom. The number of hydrogen-bond donors (Lipinski definition) is 2. The molecule has 0 radical (unpaired) electrons. The molecule has 120 valence electrons. The molecule has 1 fully saturated rings. The highest BCUT2D eigenvalue weighted by Gasteiger charge is 2.30. The van der Waals surface area contributed by atoms with Gasteiger partial charge in [0.1, 0.15) is 17.5 Å². The van der Waals surface area contributed by atoms with Gasteiger partial charge in [-0.2, -0.15) is 0 Å². The molecular weight excluding hydrogens is 310 g/mol. The lowest BCUT2D eigenvalue weighted by atomic mass is 10.1. The van der Waals surface area contributed by atoms with Crippen molar-refractivity contribution >= 4 is 17.7 Å². The van der Waals surface area contributed by atoms with Gasteiger partial charge < -0.3 is 9.84 Å². The summed E-state index contributed by atoms with van der Waals surface area (Å²) in [5.41, 5.74) is 3.32. The first-order valence-electron chi connectivity index (χ1n) is 7.48. The number of carboxylic acid groups (broad SMARTS) is 1. The van der Waals surface area contributed by atoms with E-state index >= 15 is 0 Å². The topological polar surface area (TPSA) is 58.6 Å². The Labute approximate surface area is 139 Å². The monoisotopic (exact) mass is 329 g/mol. The minimum absolute atomic E-state index is 0.0193. The predicted octanol–water partition coefficient (Wildman–Crippen LogP) is 3.88. The summed E-state index contributed by atoms with van der Waals surface area (Å²) in [4.78, 5) is 11.0.